The molecule has 1 saturated heterocycles. The number of benzene rings is 2. The maximum atomic E-state index is 13.4. The topological polar surface area (TPSA) is 69.7 Å². The van der Waals surface area contributed by atoms with Gasteiger partial charge in [0.25, 0.3) is 5.91 Å². The summed E-state index contributed by atoms with van der Waals surface area (Å²) in [7, 11) is -0.824. The number of carbonyl (C=O) groups is 1. The molecular formula is C20H23ClFN3O3S. The number of carbonyl (C=O) groups excluding carboxylic acids is 1. The number of halogens is 2. The van der Waals surface area contributed by atoms with Gasteiger partial charge in [0.05, 0.1) is 15.5 Å². The summed E-state index contributed by atoms with van der Waals surface area (Å²) < 4.78 is 39.6. The highest BCUT2D eigenvalue weighted by Gasteiger charge is 2.24. The Kier molecular flexibility index (Phi) is 6.45. The summed E-state index contributed by atoms with van der Waals surface area (Å²) in [5.74, 6) is -1.07. The van der Waals surface area contributed by atoms with Crippen molar-refractivity contribution in [1.82, 2.24) is 4.31 Å². The molecule has 0 aliphatic carbocycles. The molecule has 0 saturated carbocycles. The second-order valence-electron chi connectivity index (χ2n) is 7.10. The Morgan fingerprint density at radius 1 is 1.10 bits per heavy atom. The van der Waals surface area contributed by atoms with Crippen LogP contribution in [0.3, 0.4) is 0 Å². The van der Waals surface area contributed by atoms with Gasteiger partial charge in [-0.1, -0.05) is 11.6 Å². The van der Waals surface area contributed by atoms with Crippen molar-refractivity contribution < 1.29 is 17.6 Å². The maximum Gasteiger partial charge on any atom is 0.257 e. The maximum absolute atomic E-state index is 13.4. The Bertz CT molecular complexity index is 1020. The molecule has 0 atom stereocenters. The standard InChI is InChI=1S/C20H23ClFN3O3S/c1-24(2)29(27,28)15-7-9-19(25-10-4-3-5-11-25)16(13-15)20(26)23-14-6-8-18(22)17(21)12-14/h6-9,12-13H,3-5,10-11H2,1-2H3,(H,23,26). The van der Waals surface area contributed by atoms with Gasteiger partial charge in [0.1, 0.15) is 5.82 Å². The van der Waals surface area contributed by atoms with Gasteiger partial charge >= 0.3 is 0 Å². The zero-order valence-electron chi connectivity index (χ0n) is 16.3. The van der Waals surface area contributed by atoms with Crippen molar-refractivity contribution in [1.29, 1.82) is 0 Å². The number of piperidine rings is 1. The minimum atomic E-state index is -3.70. The van der Waals surface area contributed by atoms with Crippen LogP contribution in [0.15, 0.2) is 41.3 Å². The predicted octanol–water partition coefficient (Wildman–Crippen LogP) is 3.97. The monoisotopic (exact) mass is 439 g/mol. The third-order valence-electron chi connectivity index (χ3n) is 4.87. The number of amides is 1. The number of nitrogens with zero attached hydrogens (tertiary/aromatic N) is 2. The van der Waals surface area contributed by atoms with E-state index >= 15 is 0 Å². The fraction of sp³-hybridized carbons (Fsp3) is 0.350. The van der Waals surface area contributed by atoms with E-state index in [1.807, 2.05) is 0 Å². The summed E-state index contributed by atoms with van der Waals surface area (Å²) in [6, 6.07) is 8.46. The van der Waals surface area contributed by atoms with Gasteiger partial charge in [-0.2, -0.15) is 0 Å². The zero-order chi connectivity index (χ0) is 21.2. The lowest BCUT2D eigenvalue weighted by Crippen LogP contribution is -2.32. The predicted molar refractivity (Wildman–Crippen MR) is 113 cm³/mol. The number of sulfonamides is 1. The third kappa shape index (κ3) is 4.71. The lowest BCUT2D eigenvalue weighted by atomic mass is 10.1. The molecule has 0 bridgehead atoms. The molecule has 1 fully saturated rings. The van der Waals surface area contributed by atoms with Crippen LogP contribution in [0.5, 0.6) is 0 Å². The molecule has 29 heavy (non-hydrogen) atoms. The molecule has 1 amide bonds. The molecule has 0 aromatic heterocycles. The molecule has 9 heteroatoms. The molecule has 1 aliphatic rings. The van der Waals surface area contributed by atoms with E-state index in [0.29, 0.717) is 11.4 Å². The van der Waals surface area contributed by atoms with Crippen LogP contribution in [-0.4, -0.2) is 45.8 Å². The molecule has 2 aromatic rings. The first-order valence-corrected chi connectivity index (χ1v) is 11.1. The lowest BCUT2D eigenvalue weighted by molar-refractivity contribution is 0.102. The summed E-state index contributed by atoms with van der Waals surface area (Å²) in [5.41, 5.74) is 1.25. The fourth-order valence-electron chi connectivity index (χ4n) is 3.25. The molecule has 1 N–H and O–H groups in total. The Morgan fingerprint density at radius 3 is 2.41 bits per heavy atom. The van der Waals surface area contributed by atoms with Crippen molar-refractivity contribution in [2.75, 3.05) is 37.4 Å². The van der Waals surface area contributed by atoms with E-state index in [2.05, 4.69) is 10.2 Å². The SMILES string of the molecule is CN(C)S(=O)(=O)c1ccc(N2CCCCC2)c(C(=O)Nc2ccc(F)c(Cl)c2)c1. The first-order chi connectivity index (χ1) is 13.7. The molecule has 2 aromatic carbocycles. The molecule has 1 heterocycles. The average Bonchev–Trinajstić information content (AvgIpc) is 2.70. The summed E-state index contributed by atoms with van der Waals surface area (Å²) >= 11 is 5.80. The van der Waals surface area contributed by atoms with Gasteiger partial charge in [-0.3, -0.25) is 4.79 Å². The molecule has 0 spiro atoms. The molecule has 0 unspecified atom stereocenters. The van der Waals surface area contributed by atoms with Crippen LogP contribution in [0.2, 0.25) is 5.02 Å². The quantitative estimate of drug-likeness (QED) is 0.765. The molecule has 3 rings (SSSR count). The van der Waals surface area contributed by atoms with E-state index in [0.717, 1.165) is 42.7 Å². The van der Waals surface area contributed by atoms with Crippen LogP contribution in [0.25, 0.3) is 0 Å². The number of rotatable bonds is 5. The summed E-state index contributed by atoms with van der Waals surface area (Å²) in [5, 5.41) is 2.58. The van der Waals surface area contributed by atoms with E-state index in [4.69, 9.17) is 11.6 Å². The van der Waals surface area contributed by atoms with E-state index in [1.54, 1.807) is 6.07 Å². The normalized spacial score (nSPS) is 14.9. The number of hydrogen-bond acceptors (Lipinski definition) is 4. The van der Waals surface area contributed by atoms with Crippen LogP contribution in [0.4, 0.5) is 15.8 Å². The number of nitrogens with one attached hydrogen (secondary N) is 1. The van der Waals surface area contributed by atoms with E-state index in [1.165, 1.54) is 38.4 Å². The van der Waals surface area contributed by atoms with Crippen molar-refractivity contribution >= 4 is 38.9 Å². The summed E-state index contributed by atoms with van der Waals surface area (Å²) in [6.07, 6.45) is 3.14. The van der Waals surface area contributed by atoms with Crippen LogP contribution in [0.1, 0.15) is 29.6 Å². The fourth-order valence-corrected chi connectivity index (χ4v) is 4.36. The highest BCUT2D eigenvalue weighted by atomic mass is 35.5. The van der Waals surface area contributed by atoms with E-state index in [-0.39, 0.29) is 15.5 Å². The van der Waals surface area contributed by atoms with Gasteiger partial charge in [-0.15, -0.1) is 0 Å². The Balaban J connectivity index is 2.02. The minimum absolute atomic E-state index is 0.0329. The largest absolute Gasteiger partial charge is 0.371 e. The summed E-state index contributed by atoms with van der Waals surface area (Å²) in [4.78, 5) is 15.2. The van der Waals surface area contributed by atoms with Crippen molar-refractivity contribution in [3.8, 4) is 0 Å². The van der Waals surface area contributed by atoms with Crippen LogP contribution in [0, 0.1) is 5.82 Å². The highest BCUT2D eigenvalue weighted by molar-refractivity contribution is 7.89. The van der Waals surface area contributed by atoms with Gasteiger partial charge in [0, 0.05) is 38.6 Å². The van der Waals surface area contributed by atoms with Crippen LogP contribution < -0.4 is 10.2 Å². The third-order valence-corrected chi connectivity index (χ3v) is 6.97. The van der Waals surface area contributed by atoms with Crippen molar-refractivity contribution in [2.45, 2.75) is 24.2 Å². The van der Waals surface area contributed by atoms with E-state index < -0.39 is 21.7 Å². The molecule has 1 aliphatic heterocycles. The Morgan fingerprint density at radius 2 is 1.79 bits per heavy atom. The first-order valence-electron chi connectivity index (χ1n) is 9.28. The van der Waals surface area contributed by atoms with E-state index in [9.17, 15) is 17.6 Å². The van der Waals surface area contributed by atoms with Gasteiger partial charge in [0.2, 0.25) is 10.0 Å². The molecule has 6 nitrogen and oxygen atoms in total. The van der Waals surface area contributed by atoms with Gasteiger partial charge in [-0.25, -0.2) is 17.1 Å². The Labute approximate surface area is 175 Å². The van der Waals surface area contributed by atoms with Gasteiger partial charge in [0.15, 0.2) is 0 Å². The molecular weight excluding hydrogens is 417 g/mol. The second kappa shape index (κ2) is 8.69. The van der Waals surface area contributed by atoms with Crippen molar-refractivity contribution in [3.05, 3.63) is 52.8 Å². The van der Waals surface area contributed by atoms with Gasteiger partial charge < -0.3 is 10.2 Å². The number of anilines is 2. The summed E-state index contributed by atoms with van der Waals surface area (Å²) in [6.45, 7) is 1.59. The highest BCUT2D eigenvalue weighted by Crippen LogP contribution is 2.29. The second-order valence-corrected chi connectivity index (χ2v) is 9.66. The average molecular weight is 440 g/mol. The molecule has 0 radical (unpaired) electrons. The minimum Gasteiger partial charge on any atom is -0.371 e. The van der Waals surface area contributed by atoms with Crippen LogP contribution in [-0.2, 0) is 10.0 Å². The molecule has 156 valence electrons. The smallest absolute Gasteiger partial charge is 0.257 e. The van der Waals surface area contributed by atoms with Crippen molar-refractivity contribution in [2.24, 2.45) is 0 Å². The van der Waals surface area contributed by atoms with Crippen molar-refractivity contribution in [3.63, 3.8) is 0 Å². The van der Waals surface area contributed by atoms with Gasteiger partial charge in [-0.05, 0) is 55.7 Å². The van der Waals surface area contributed by atoms with Crippen LogP contribution >= 0.6 is 11.6 Å². The Hall–Kier alpha value is -2.16. The lowest BCUT2D eigenvalue weighted by Gasteiger charge is -2.30. The zero-order valence-corrected chi connectivity index (χ0v) is 17.9. The number of hydrogen-bond donors (Lipinski definition) is 1. The first kappa shape index (κ1) is 21.5.